The summed E-state index contributed by atoms with van der Waals surface area (Å²) >= 11 is 0. The van der Waals surface area contributed by atoms with Crippen LogP contribution in [-0.2, 0) is 28.3 Å². The number of amides is 1. The molecule has 0 saturated carbocycles. The quantitative estimate of drug-likeness (QED) is 0.794. The molecule has 9 heteroatoms. The van der Waals surface area contributed by atoms with Crippen molar-refractivity contribution in [3.8, 4) is 0 Å². The van der Waals surface area contributed by atoms with E-state index in [0.29, 0.717) is 23.0 Å². The third-order valence-corrected chi connectivity index (χ3v) is 5.57. The fourth-order valence-electron chi connectivity index (χ4n) is 3.54. The summed E-state index contributed by atoms with van der Waals surface area (Å²) in [4.78, 5) is 26.9. The predicted molar refractivity (Wildman–Crippen MR) is 103 cm³/mol. The molecule has 27 heavy (non-hydrogen) atoms. The van der Waals surface area contributed by atoms with Gasteiger partial charge in [-0.15, -0.1) is 0 Å². The number of hydrogen-bond donors (Lipinski definition) is 1. The van der Waals surface area contributed by atoms with Crippen molar-refractivity contribution in [3.63, 3.8) is 0 Å². The van der Waals surface area contributed by atoms with Crippen LogP contribution in [0.5, 0.6) is 0 Å². The van der Waals surface area contributed by atoms with Crippen molar-refractivity contribution < 1.29 is 13.2 Å². The van der Waals surface area contributed by atoms with Gasteiger partial charge in [0.25, 0.3) is 5.56 Å². The number of sulfonamides is 1. The number of likely N-dealkylation sites (tertiary alicyclic amines) is 1. The molecule has 0 aliphatic carbocycles. The molecule has 2 heterocycles. The number of rotatable bonds is 5. The third-order valence-electron chi connectivity index (χ3n) is 4.88. The fourth-order valence-corrected chi connectivity index (χ4v) is 4.04. The normalized spacial score (nSPS) is 18.0. The van der Waals surface area contributed by atoms with Gasteiger partial charge in [-0.25, -0.2) is 17.8 Å². The molecule has 0 radical (unpaired) electrons. The molecule has 1 aliphatic heterocycles. The monoisotopic (exact) mass is 392 g/mol. The van der Waals surface area contributed by atoms with Crippen LogP contribution in [0.25, 0.3) is 10.8 Å². The Morgan fingerprint density at radius 1 is 1.26 bits per heavy atom. The van der Waals surface area contributed by atoms with Crippen LogP contribution >= 0.6 is 0 Å². The van der Waals surface area contributed by atoms with E-state index < -0.39 is 10.0 Å². The summed E-state index contributed by atoms with van der Waals surface area (Å²) in [7, 11) is -1.74. The summed E-state index contributed by atoms with van der Waals surface area (Å²) in [6.07, 6.45) is 3.80. The SMILES string of the molecule is Cn1nc(CC(=O)N2CCCCC2CNS(C)(=O)=O)c2ccccc2c1=O. The van der Waals surface area contributed by atoms with Gasteiger partial charge in [0, 0.05) is 31.6 Å². The first-order valence-corrected chi connectivity index (χ1v) is 10.8. The van der Waals surface area contributed by atoms with Crippen molar-refractivity contribution in [2.24, 2.45) is 7.05 Å². The third kappa shape index (κ3) is 4.54. The molecule has 0 bridgehead atoms. The Hall–Kier alpha value is -2.26. The van der Waals surface area contributed by atoms with Gasteiger partial charge in [-0.3, -0.25) is 9.59 Å². The number of fused-ring (bicyclic) bond motifs is 1. The largest absolute Gasteiger partial charge is 0.338 e. The molecular weight excluding hydrogens is 368 g/mol. The molecule has 146 valence electrons. The summed E-state index contributed by atoms with van der Waals surface area (Å²) in [5.74, 6) is -0.105. The predicted octanol–water partition coefficient (Wildman–Crippen LogP) is 0.406. The van der Waals surface area contributed by atoms with E-state index in [4.69, 9.17) is 0 Å². The topological polar surface area (TPSA) is 101 Å². The summed E-state index contributed by atoms with van der Waals surface area (Å²) in [6.45, 7) is 0.810. The van der Waals surface area contributed by atoms with Gasteiger partial charge in [0.1, 0.15) is 0 Å². The molecule has 1 fully saturated rings. The molecule has 1 aromatic heterocycles. The van der Waals surface area contributed by atoms with Gasteiger partial charge >= 0.3 is 0 Å². The number of aromatic nitrogens is 2. The van der Waals surface area contributed by atoms with Gasteiger partial charge in [0.15, 0.2) is 0 Å². The van der Waals surface area contributed by atoms with Gasteiger partial charge in [0.2, 0.25) is 15.9 Å². The van der Waals surface area contributed by atoms with Gasteiger partial charge in [-0.2, -0.15) is 5.10 Å². The van der Waals surface area contributed by atoms with Crippen molar-refractivity contribution in [3.05, 3.63) is 40.3 Å². The van der Waals surface area contributed by atoms with E-state index in [1.807, 2.05) is 6.07 Å². The van der Waals surface area contributed by atoms with Crippen LogP contribution in [-0.4, -0.2) is 54.4 Å². The minimum atomic E-state index is -3.31. The summed E-state index contributed by atoms with van der Waals surface area (Å²) in [5.41, 5.74) is 0.355. The fraction of sp³-hybridized carbons (Fsp3) is 0.500. The van der Waals surface area contributed by atoms with Crippen LogP contribution in [0.3, 0.4) is 0 Å². The zero-order chi connectivity index (χ0) is 19.6. The summed E-state index contributed by atoms with van der Waals surface area (Å²) in [5, 5.41) is 5.50. The first-order valence-electron chi connectivity index (χ1n) is 8.95. The number of benzene rings is 1. The Balaban J connectivity index is 1.84. The van der Waals surface area contributed by atoms with E-state index in [9.17, 15) is 18.0 Å². The van der Waals surface area contributed by atoms with Crippen molar-refractivity contribution in [2.75, 3.05) is 19.3 Å². The molecule has 8 nitrogen and oxygen atoms in total. The lowest BCUT2D eigenvalue weighted by molar-refractivity contribution is -0.134. The molecule has 3 rings (SSSR count). The standard InChI is InChI=1S/C18H24N4O4S/c1-21-18(24)15-9-4-3-8-14(15)16(20-21)11-17(23)22-10-6-5-7-13(22)12-19-27(2,25)26/h3-4,8-9,13,19H,5-7,10-12H2,1-2H3. The van der Waals surface area contributed by atoms with Gasteiger partial charge in [-0.1, -0.05) is 18.2 Å². The minimum absolute atomic E-state index is 0.0734. The van der Waals surface area contributed by atoms with Gasteiger partial charge in [-0.05, 0) is 25.3 Å². The van der Waals surface area contributed by atoms with Crippen LogP contribution < -0.4 is 10.3 Å². The molecule has 1 atom stereocenters. The van der Waals surface area contributed by atoms with Crippen molar-refractivity contribution >= 4 is 26.7 Å². The number of carbonyl (C=O) groups excluding carboxylic acids is 1. The van der Waals surface area contributed by atoms with Crippen LogP contribution in [0.2, 0.25) is 0 Å². The van der Waals surface area contributed by atoms with Crippen LogP contribution in [0.4, 0.5) is 0 Å². The van der Waals surface area contributed by atoms with E-state index in [-0.39, 0.29) is 30.5 Å². The number of piperidine rings is 1. The molecule has 2 aromatic rings. The average molecular weight is 392 g/mol. The van der Waals surface area contributed by atoms with Crippen LogP contribution in [0, 0.1) is 0 Å². The van der Waals surface area contributed by atoms with E-state index in [1.165, 1.54) is 4.68 Å². The lowest BCUT2D eigenvalue weighted by Crippen LogP contribution is -2.49. The van der Waals surface area contributed by atoms with E-state index >= 15 is 0 Å². The van der Waals surface area contributed by atoms with Crippen molar-refractivity contribution in [1.82, 2.24) is 19.4 Å². The summed E-state index contributed by atoms with van der Waals surface area (Å²) in [6, 6.07) is 6.96. The van der Waals surface area contributed by atoms with Crippen molar-refractivity contribution in [1.29, 1.82) is 0 Å². The molecule has 1 N–H and O–H groups in total. The maximum Gasteiger partial charge on any atom is 0.274 e. The van der Waals surface area contributed by atoms with E-state index in [2.05, 4.69) is 9.82 Å². The molecule has 1 unspecified atom stereocenters. The Labute approximate surface area is 158 Å². The second kappa shape index (κ2) is 7.77. The molecule has 1 amide bonds. The smallest absolute Gasteiger partial charge is 0.274 e. The Kier molecular flexibility index (Phi) is 5.61. The minimum Gasteiger partial charge on any atom is -0.338 e. The first kappa shape index (κ1) is 19.5. The Bertz CT molecular complexity index is 1020. The molecule has 0 spiro atoms. The molecule has 1 saturated heterocycles. The highest BCUT2D eigenvalue weighted by Gasteiger charge is 2.28. The highest BCUT2D eigenvalue weighted by Crippen LogP contribution is 2.20. The molecule has 1 aromatic carbocycles. The highest BCUT2D eigenvalue weighted by molar-refractivity contribution is 7.88. The molecule has 1 aliphatic rings. The number of aryl methyl sites for hydroxylation is 1. The number of carbonyl (C=O) groups is 1. The van der Waals surface area contributed by atoms with Gasteiger partial charge in [0.05, 0.1) is 23.8 Å². The zero-order valence-electron chi connectivity index (χ0n) is 15.5. The number of hydrogen-bond acceptors (Lipinski definition) is 5. The maximum absolute atomic E-state index is 13.0. The lowest BCUT2D eigenvalue weighted by atomic mass is 10.0. The average Bonchev–Trinajstić information content (AvgIpc) is 2.64. The lowest BCUT2D eigenvalue weighted by Gasteiger charge is -2.36. The number of nitrogens with one attached hydrogen (secondary N) is 1. The molecular formula is C18H24N4O4S. The van der Waals surface area contributed by atoms with Gasteiger partial charge < -0.3 is 4.90 Å². The van der Waals surface area contributed by atoms with E-state index in [1.54, 1.807) is 30.1 Å². The maximum atomic E-state index is 13.0. The highest BCUT2D eigenvalue weighted by atomic mass is 32.2. The van der Waals surface area contributed by atoms with Crippen LogP contribution in [0.15, 0.2) is 29.1 Å². The van der Waals surface area contributed by atoms with Crippen molar-refractivity contribution in [2.45, 2.75) is 31.7 Å². The second-order valence-corrected chi connectivity index (χ2v) is 8.79. The Morgan fingerprint density at radius 3 is 2.67 bits per heavy atom. The first-order chi connectivity index (χ1) is 12.8. The second-order valence-electron chi connectivity index (χ2n) is 6.96. The number of nitrogens with zero attached hydrogens (tertiary/aromatic N) is 3. The van der Waals surface area contributed by atoms with Crippen LogP contribution in [0.1, 0.15) is 25.0 Å². The summed E-state index contributed by atoms with van der Waals surface area (Å²) < 4.78 is 26.6. The zero-order valence-corrected chi connectivity index (χ0v) is 16.3. The Morgan fingerprint density at radius 2 is 1.96 bits per heavy atom. The van der Waals surface area contributed by atoms with E-state index in [0.717, 1.165) is 25.5 Å².